The van der Waals surface area contributed by atoms with Crippen LogP contribution in [0.15, 0.2) is 18.3 Å². The van der Waals surface area contributed by atoms with Crippen molar-refractivity contribution < 1.29 is 4.74 Å². The molecular weight excluding hydrogens is 274 g/mol. The van der Waals surface area contributed by atoms with E-state index in [0.29, 0.717) is 6.42 Å². The molecule has 0 aliphatic rings. The summed E-state index contributed by atoms with van der Waals surface area (Å²) >= 11 is 0. The first-order valence-corrected chi connectivity index (χ1v) is 8.24. The van der Waals surface area contributed by atoms with E-state index in [1.165, 1.54) is 32.1 Å². The molecule has 4 heteroatoms. The van der Waals surface area contributed by atoms with Gasteiger partial charge in [0.1, 0.15) is 0 Å². The van der Waals surface area contributed by atoms with Crippen molar-refractivity contribution in [1.82, 2.24) is 9.38 Å². The van der Waals surface area contributed by atoms with E-state index in [0.717, 1.165) is 35.8 Å². The minimum absolute atomic E-state index is 0.369. The van der Waals surface area contributed by atoms with Crippen LogP contribution in [0.4, 0.5) is 0 Å². The van der Waals surface area contributed by atoms with Crippen molar-refractivity contribution in [1.29, 1.82) is 5.26 Å². The molecule has 0 atom stereocenters. The van der Waals surface area contributed by atoms with E-state index in [1.54, 1.807) is 0 Å². The van der Waals surface area contributed by atoms with Gasteiger partial charge in [-0.2, -0.15) is 5.26 Å². The molecule has 2 aromatic rings. The Morgan fingerprint density at radius 3 is 2.77 bits per heavy atom. The zero-order valence-electron chi connectivity index (χ0n) is 13.6. The van der Waals surface area contributed by atoms with Crippen LogP contribution in [0.1, 0.15) is 56.8 Å². The lowest BCUT2D eigenvalue weighted by atomic mass is 10.1. The van der Waals surface area contributed by atoms with E-state index in [2.05, 4.69) is 18.0 Å². The molecule has 0 bridgehead atoms. The van der Waals surface area contributed by atoms with Crippen molar-refractivity contribution in [3.05, 3.63) is 29.7 Å². The summed E-state index contributed by atoms with van der Waals surface area (Å²) in [5.41, 5.74) is 2.66. The highest BCUT2D eigenvalue weighted by Crippen LogP contribution is 2.22. The lowest BCUT2D eigenvalue weighted by molar-refractivity contribution is 0.306. The molecule has 2 rings (SSSR count). The van der Waals surface area contributed by atoms with Gasteiger partial charge in [-0.05, 0) is 25.5 Å². The zero-order chi connectivity index (χ0) is 15.8. The molecule has 0 radical (unpaired) electrons. The predicted octanol–water partition coefficient (Wildman–Crippen LogP) is 4.45. The second-order valence-electron chi connectivity index (χ2n) is 5.66. The van der Waals surface area contributed by atoms with Crippen molar-refractivity contribution in [3.63, 3.8) is 0 Å². The largest absolute Gasteiger partial charge is 0.490 e. The molecule has 2 aromatic heterocycles. The average molecular weight is 299 g/mol. The number of hydrogen-bond donors (Lipinski definition) is 0. The standard InChI is InChI=1S/C18H25N3O/c1-3-4-5-6-7-8-14-22-17-10-9-13-21-16(11-12-19)15(2)20-18(17)21/h9-10,13H,3-8,11,14H2,1-2H3. The van der Waals surface area contributed by atoms with E-state index in [1.807, 2.05) is 29.7 Å². The molecule has 0 spiro atoms. The fourth-order valence-electron chi connectivity index (χ4n) is 2.67. The number of pyridine rings is 1. The molecule has 118 valence electrons. The predicted molar refractivity (Wildman–Crippen MR) is 88.1 cm³/mol. The highest BCUT2D eigenvalue weighted by molar-refractivity contribution is 5.56. The summed E-state index contributed by atoms with van der Waals surface area (Å²) in [7, 11) is 0. The van der Waals surface area contributed by atoms with Crippen LogP contribution in [0.3, 0.4) is 0 Å². The van der Waals surface area contributed by atoms with Crippen LogP contribution in [-0.2, 0) is 6.42 Å². The van der Waals surface area contributed by atoms with Gasteiger partial charge in [-0.25, -0.2) is 4.98 Å². The summed E-state index contributed by atoms with van der Waals surface area (Å²) in [6.07, 6.45) is 9.83. The molecule has 0 aromatic carbocycles. The third kappa shape index (κ3) is 4.00. The van der Waals surface area contributed by atoms with Gasteiger partial charge < -0.3 is 4.74 Å². The number of nitrogens with zero attached hydrogens (tertiary/aromatic N) is 3. The molecule has 0 saturated carbocycles. The second-order valence-corrected chi connectivity index (χ2v) is 5.66. The Balaban J connectivity index is 1.94. The summed E-state index contributed by atoms with van der Waals surface area (Å²) in [5, 5.41) is 8.93. The first-order chi connectivity index (χ1) is 10.8. The highest BCUT2D eigenvalue weighted by Gasteiger charge is 2.11. The fourth-order valence-corrected chi connectivity index (χ4v) is 2.67. The minimum atomic E-state index is 0.369. The van der Waals surface area contributed by atoms with Crippen molar-refractivity contribution in [2.75, 3.05) is 6.61 Å². The first kappa shape index (κ1) is 16.4. The fraction of sp³-hybridized carbons (Fsp3) is 0.556. The summed E-state index contributed by atoms with van der Waals surface area (Å²) in [6, 6.07) is 6.10. The van der Waals surface area contributed by atoms with Gasteiger partial charge in [0, 0.05) is 6.20 Å². The molecule has 0 aliphatic heterocycles. The lowest BCUT2D eigenvalue weighted by Crippen LogP contribution is -2.00. The molecule has 0 unspecified atom stereocenters. The molecular formula is C18H25N3O. The third-order valence-corrected chi connectivity index (χ3v) is 3.92. The van der Waals surface area contributed by atoms with Gasteiger partial charge in [-0.3, -0.25) is 4.40 Å². The van der Waals surface area contributed by atoms with Crippen molar-refractivity contribution in [2.45, 2.75) is 58.8 Å². The van der Waals surface area contributed by atoms with E-state index < -0.39 is 0 Å². The van der Waals surface area contributed by atoms with Crippen molar-refractivity contribution in [3.8, 4) is 11.8 Å². The minimum Gasteiger partial charge on any atom is -0.490 e. The number of imidazole rings is 1. The molecule has 0 amide bonds. The topological polar surface area (TPSA) is 50.3 Å². The maximum Gasteiger partial charge on any atom is 0.180 e. The van der Waals surface area contributed by atoms with Gasteiger partial charge in [0.15, 0.2) is 11.4 Å². The molecule has 22 heavy (non-hydrogen) atoms. The van der Waals surface area contributed by atoms with Gasteiger partial charge >= 0.3 is 0 Å². The first-order valence-electron chi connectivity index (χ1n) is 8.24. The van der Waals surface area contributed by atoms with Gasteiger partial charge in [0.05, 0.1) is 30.5 Å². The Kier molecular flexibility index (Phi) is 6.27. The maximum atomic E-state index is 8.93. The smallest absolute Gasteiger partial charge is 0.180 e. The van der Waals surface area contributed by atoms with E-state index in [4.69, 9.17) is 10.00 Å². The SMILES string of the molecule is CCCCCCCCOc1cccn2c(CC#N)c(C)nc12. The van der Waals surface area contributed by atoms with Crippen LogP contribution in [0, 0.1) is 18.3 Å². The number of aryl methyl sites for hydroxylation is 1. The van der Waals surface area contributed by atoms with Crippen LogP contribution in [-0.4, -0.2) is 16.0 Å². The highest BCUT2D eigenvalue weighted by atomic mass is 16.5. The Bertz CT molecular complexity index is 640. The normalized spacial score (nSPS) is 10.8. The van der Waals surface area contributed by atoms with Crippen molar-refractivity contribution in [2.24, 2.45) is 0 Å². The molecule has 0 saturated heterocycles. The Labute approximate surface area is 132 Å². The number of ether oxygens (including phenoxy) is 1. The third-order valence-electron chi connectivity index (χ3n) is 3.92. The van der Waals surface area contributed by atoms with Gasteiger partial charge in [-0.1, -0.05) is 39.0 Å². The van der Waals surface area contributed by atoms with Crippen LogP contribution in [0.2, 0.25) is 0 Å². The Morgan fingerprint density at radius 1 is 1.23 bits per heavy atom. The molecule has 0 N–H and O–H groups in total. The van der Waals surface area contributed by atoms with E-state index in [9.17, 15) is 0 Å². The Morgan fingerprint density at radius 2 is 2.00 bits per heavy atom. The van der Waals surface area contributed by atoms with E-state index >= 15 is 0 Å². The second kappa shape index (κ2) is 8.43. The van der Waals surface area contributed by atoms with Crippen LogP contribution in [0.25, 0.3) is 5.65 Å². The number of hydrogen-bond acceptors (Lipinski definition) is 3. The summed E-state index contributed by atoms with van der Waals surface area (Å²) in [5.74, 6) is 0.809. The maximum absolute atomic E-state index is 8.93. The van der Waals surface area contributed by atoms with Crippen molar-refractivity contribution >= 4 is 5.65 Å². The quantitative estimate of drug-likeness (QED) is 0.643. The van der Waals surface area contributed by atoms with Gasteiger partial charge in [0.25, 0.3) is 0 Å². The van der Waals surface area contributed by atoms with Crippen LogP contribution < -0.4 is 4.74 Å². The molecule has 0 aliphatic carbocycles. The number of aromatic nitrogens is 2. The van der Waals surface area contributed by atoms with Crippen LogP contribution >= 0.6 is 0 Å². The molecule has 4 nitrogen and oxygen atoms in total. The van der Waals surface area contributed by atoms with E-state index in [-0.39, 0.29) is 0 Å². The molecule has 2 heterocycles. The Hall–Kier alpha value is -2.02. The monoisotopic (exact) mass is 299 g/mol. The van der Waals surface area contributed by atoms with Crippen LogP contribution in [0.5, 0.6) is 5.75 Å². The molecule has 0 fully saturated rings. The number of rotatable bonds is 9. The average Bonchev–Trinajstić information content (AvgIpc) is 2.84. The zero-order valence-corrected chi connectivity index (χ0v) is 13.6. The van der Waals surface area contributed by atoms with Gasteiger partial charge in [-0.15, -0.1) is 0 Å². The summed E-state index contributed by atoms with van der Waals surface area (Å²) < 4.78 is 7.87. The summed E-state index contributed by atoms with van der Waals surface area (Å²) in [6.45, 7) is 4.90. The lowest BCUT2D eigenvalue weighted by Gasteiger charge is -2.07. The number of unbranched alkanes of at least 4 members (excludes halogenated alkanes) is 5. The van der Waals surface area contributed by atoms with Gasteiger partial charge in [0.2, 0.25) is 0 Å². The number of nitriles is 1. The number of fused-ring (bicyclic) bond motifs is 1. The summed E-state index contributed by atoms with van der Waals surface area (Å²) in [4.78, 5) is 4.56.